The molecule has 0 spiro atoms. The van der Waals surface area contributed by atoms with Gasteiger partial charge in [0.15, 0.2) is 0 Å². The Balaban J connectivity index is 0.000000622. The minimum absolute atomic E-state index is 0.140. The number of ether oxygens (including phenoxy) is 2. The Morgan fingerprint density at radius 3 is 2.27 bits per heavy atom. The van der Waals surface area contributed by atoms with Crippen LogP contribution in [0.3, 0.4) is 0 Å². The Bertz CT molecular complexity index is 855. The van der Waals surface area contributed by atoms with E-state index in [1.807, 2.05) is 43.3 Å². The van der Waals surface area contributed by atoms with Crippen LogP contribution in [-0.2, 0) is 23.9 Å². The SMILES string of the molecule is C=C(C)C(=O)N(C=Cc1ccccc1)COC.C=C(CC=C(C)C(=O)O)C(=O)OCCCC. The van der Waals surface area contributed by atoms with Crippen LogP contribution < -0.4 is 0 Å². The maximum atomic E-state index is 11.7. The number of hydrogen-bond acceptors (Lipinski definition) is 5. The Morgan fingerprint density at radius 1 is 1.12 bits per heavy atom. The number of carboxylic acids is 1. The quantitative estimate of drug-likeness (QED) is 0.206. The summed E-state index contributed by atoms with van der Waals surface area (Å²) in [6, 6.07) is 9.77. The number of esters is 1. The number of carbonyl (C=O) groups excluding carboxylic acids is 2. The molecule has 0 fully saturated rings. The maximum Gasteiger partial charge on any atom is 0.333 e. The highest BCUT2D eigenvalue weighted by Gasteiger charge is 2.10. The van der Waals surface area contributed by atoms with Gasteiger partial charge in [-0.15, -0.1) is 0 Å². The minimum atomic E-state index is -0.993. The molecule has 0 atom stereocenters. The van der Waals surface area contributed by atoms with E-state index in [1.165, 1.54) is 17.9 Å². The second-order valence-corrected chi connectivity index (χ2v) is 7.19. The number of hydrogen-bond donors (Lipinski definition) is 1. The first-order valence-electron chi connectivity index (χ1n) is 10.6. The fourth-order valence-corrected chi connectivity index (χ4v) is 2.15. The van der Waals surface area contributed by atoms with Gasteiger partial charge < -0.3 is 14.6 Å². The lowest BCUT2D eigenvalue weighted by Gasteiger charge is -2.17. The van der Waals surface area contributed by atoms with Gasteiger partial charge in [0.25, 0.3) is 5.91 Å². The van der Waals surface area contributed by atoms with Crippen LogP contribution >= 0.6 is 0 Å². The monoisotopic (exact) mass is 457 g/mol. The lowest BCUT2D eigenvalue weighted by Crippen LogP contribution is -2.27. The van der Waals surface area contributed by atoms with Gasteiger partial charge in [-0.3, -0.25) is 9.69 Å². The largest absolute Gasteiger partial charge is 0.478 e. The molecule has 0 unspecified atom stereocenters. The van der Waals surface area contributed by atoms with Gasteiger partial charge in [-0.2, -0.15) is 0 Å². The van der Waals surface area contributed by atoms with E-state index in [0.717, 1.165) is 18.4 Å². The molecular weight excluding hydrogens is 422 g/mol. The molecule has 0 aromatic heterocycles. The molecule has 7 heteroatoms. The van der Waals surface area contributed by atoms with Crippen LogP contribution in [0.4, 0.5) is 0 Å². The number of benzene rings is 1. The third-order valence-electron chi connectivity index (χ3n) is 4.15. The van der Waals surface area contributed by atoms with Crippen molar-refractivity contribution in [3.05, 3.63) is 78.0 Å². The number of methoxy groups -OCH3 is 1. The van der Waals surface area contributed by atoms with Crippen molar-refractivity contribution in [1.29, 1.82) is 0 Å². The predicted molar refractivity (Wildman–Crippen MR) is 130 cm³/mol. The molecule has 33 heavy (non-hydrogen) atoms. The zero-order valence-corrected chi connectivity index (χ0v) is 20.0. The number of allylic oxidation sites excluding steroid dienone is 1. The van der Waals surface area contributed by atoms with Crippen molar-refractivity contribution in [3.63, 3.8) is 0 Å². The zero-order valence-electron chi connectivity index (χ0n) is 20.0. The van der Waals surface area contributed by atoms with Gasteiger partial charge in [0.2, 0.25) is 0 Å². The van der Waals surface area contributed by atoms with E-state index in [-0.39, 0.29) is 30.2 Å². The Morgan fingerprint density at radius 2 is 1.76 bits per heavy atom. The molecule has 0 heterocycles. The summed E-state index contributed by atoms with van der Waals surface area (Å²) in [5.41, 5.74) is 1.99. The van der Waals surface area contributed by atoms with E-state index >= 15 is 0 Å². The van der Waals surface area contributed by atoms with Crippen LogP contribution in [0.15, 0.2) is 72.5 Å². The summed E-state index contributed by atoms with van der Waals surface area (Å²) in [5, 5.41) is 8.59. The smallest absolute Gasteiger partial charge is 0.333 e. The molecule has 7 nitrogen and oxygen atoms in total. The molecule has 0 saturated heterocycles. The second-order valence-electron chi connectivity index (χ2n) is 7.19. The summed E-state index contributed by atoms with van der Waals surface area (Å²) >= 11 is 0. The highest BCUT2D eigenvalue weighted by Crippen LogP contribution is 2.07. The van der Waals surface area contributed by atoms with E-state index in [0.29, 0.717) is 12.2 Å². The van der Waals surface area contributed by atoms with E-state index < -0.39 is 11.9 Å². The Hall–Kier alpha value is -3.45. The molecule has 1 rings (SSSR count). The van der Waals surface area contributed by atoms with Crippen molar-refractivity contribution in [3.8, 4) is 0 Å². The molecule has 0 aliphatic carbocycles. The molecule has 0 saturated carbocycles. The number of carbonyl (C=O) groups is 3. The predicted octanol–water partition coefficient (Wildman–Crippen LogP) is 4.97. The highest BCUT2D eigenvalue weighted by atomic mass is 16.5. The summed E-state index contributed by atoms with van der Waals surface area (Å²) in [5.74, 6) is -1.59. The number of unbranched alkanes of at least 4 members (excludes halogenated alkanes) is 1. The molecule has 0 aliphatic rings. The third kappa shape index (κ3) is 13.5. The number of amides is 1. The molecule has 1 amide bonds. The molecular formula is C26H35NO6. The fraction of sp³-hybridized carbons (Fsp3) is 0.346. The van der Waals surface area contributed by atoms with Crippen LogP contribution in [0.25, 0.3) is 6.08 Å². The van der Waals surface area contributed by atoms with Crippen molar-refractivity contribution < 1.29 is 29.0 Å². The van der Waals surface area contributed by atoms with Gasteiger partial charge in [0, 0.05) is 30.0 Å². The van der Waals surface area contributed by atoms with Crippen LogP contribution in [0.5, 0.6) is 0 Å². The van der Waals surface area contributed by atoms with Crippen LogP contribution in [0.1, 0.15) is 45.6 Å². The van der Waals surface area contributed by atoms with Crippen molar-refractivity contribution >= 4 is 23.9 Å². The van der Waals surface area contributed by atoms with Gasteiger partial charge in [-0.25, -0.2) is 9.59 Å². The average Bonchev–Trinajstić information content (AvgIpc) is 2.80. The van der Waals surface area contributed by atoms with E-state index in [9.17, 15) is 14.4 Å². The normalized spacial score (nSPS) is 10.7. The Labute approximate surface area is 196 Å². The average molecular weight is 458 g/mol. The third-order valence-corrected chi connectivity index (χ3v) is 4.15. The van der Waals surface area contributed by atoms with Gasteiger partial charge in [-0.05, 0) is 38.3 Å². The van der Waals surface area contributed by atoms with Crippen LogP contribution in [0.2, 0.25) is 0 Å². The van der Waals surface area contributed by atoms with E-state index in [4.69, 9.17) is 14.6 Å². The summed E-state index contributed by atoms with van der Waals surface area (Å²) in [6.07, 6.45) is 7.01. The van der Waals surface area contributed by atoms with Gasteiger partial charge in [-0.1, -0.05) is 62.9 Å². The maximum absolute atomic E-state index is 11.7. The first kappa shape index (κ1) is 29.5. The van der Waals surface area contributed by atoms with Crippen molar-refractivity contribution in [1.82, 2.24) is 4.90 Å². The molecule has 0 aliphatic heterocycles. The molecule has 1 N–H and O–H groups in total. The van der Waals surface area contributed by atoms with Gasteiger partial charge in [0.05, 0.1) is 6.61 Å². The summed E-state index contributed by atoms with van der Waals surface area (Å²) in [6.45, 7) is 12.9. The summed E-state index contributed by atoms with van der Waals surface area (Å²) in [7, 11) is 1.55. The first-order chi connectivity index (χ1) is 15.6. The second kappa shape index (κ2) is 17.1. The standard InChI is InChI=1S/C14H17NO2.C12H18O4/c1-12(2)14(16)15(11-17-3)10-9-13-7-5-4-6-8-13;1-4-5-8-16-12(15)10(3)7-6-9(2)11(13)14/h4-10H,1,11H2,2-3H3;6H,3-5,7-8H2,1-2H3,(H,13,14). The summed E-state index contributed by atoms with van der Waals surface area (Å²) < 4.78 is 9.90. The van der Waals surface area contributed by atoms with Crippen LogP contribution in [-0.4, -0.2) is 48.3 Å². The molecule has 180 valence electrons. The van der Waals surface area contributed by atoms with Crippen LogP contribution in [0, 0.1) is 0 Å². The minimum Gasteiger partial charge on any atom is -0.478 e. The fourth-order valence-electron chi connectivity index (χ4n) is 2.15. The number of nitrogens with zero attached hydrogens (tertiary/aromatic N) is 1. The molecule has 1 aromatic rings. The number of rotatable bonds is 12. The van der Waals surface area contributed by atoms with Crippen molar-refractivity contribution in [2.24, 2.45) is 0 Å². The van der Waals surface area contributed by atoms with Crippen molar-refractivity contribution in [2.45, 2.75) is 40.0 Å². The molecule has 0 bridgehead atoms. The van der Waals surface area contributed by atoms with Gasteiger partial charge in [0.1, 0.15) is 6.73 Å². The summed E-state index contributed by atoms with van der Waals surface area (Å²) in [4.78, 5) is 35.0. The van der Waals surface area contributed by atoms with Crippen molar-refractivity contribution in [2.75, 3.05) is 20.4 Å². The number of aliphatic carboxylic acids is 1. The topological polar surface area (TPSA) is 93.1 Å². The van der Waals surface area contributed by atoms with E-state index in [1.54, 1.807) is 20.2 Å². The highest BCUT2D eigenvalue weighted by molar-refractivity contribution is 5.93. The molecule has 0 radical (unpaired) electrons. The lowest BCUT2D eigenvalue weighted by atomic mass is 10.1. The lowest BCUT2D eigenvalue weighted by molar-refractivity contribution is -0.139. The Kier molecular flexibility index (Phi) is 15.4. The van der Waals surface area contributed by atoms with Gasteiger partial charge >= 0.3 is 11.9 Å². The first-order valence-corrected chi connectivity index (χ1v) is 10.6. The molecule has 1 aromatic carbocycles. The number of carboxylic acid groups (broad SMARTS) is 1. The zero-order chi connectivity index (χ0) is 25.2. The van der Waals surface area contributed by atoms with E-state index in [2.05, 4.69) is 13.2 Å².